The number of rotatable bonds is 4. The number of benzene rings is 2. The number of fused-ring (bicyclic) bond motifs is 1. The van der Waals surface area contributed by atoms with E-state index in [1.807, 2.05) is 61.5 Å². The Labute approximate surface area is 229 Å². The number of esters is 1. The Hall–Kier alpha value is -4.50. The number of anilines is 2. The van der Waals surface area contributed by atoms with E-state index in [1.54, 1.807) is 19.1 Å². The van der Waals surface area contributed by atoms with E-state index in [9.17, 15) is 19.2 Å². The summed E-state index contributed by atoms with van der Waals surface area (Å²) < 4.78 is 4.73. The largest absolute Gasteiger partial charge is 0.465 e. The molecule has 0 bridgehead atoms. The van der Waals surface area contributed by atoms with E-state index in [4.69, 9.17) is 15.3 Å². The average Bonchev–Trinajstić information content (AvgIpc) is 2.89. The number of hydrogen-bond acceptors (Lipinski definition) is 7. The van der Waals surface area contributed by atoms with Crippen LogP contribution in [-0.2, 0) is 19.1 Å². The van der Waals surface area contributed by atoms with E-state index >= 15 is 0 Å². The van der Waals surface area contributed by atoms with Crippen molar-refractivity contribution in [2.24, 2.45) is 11.8 Å². The van der Waals surface area contributed by atoms with Crippen molar-refractivity contribution >= 4 is 34.9 Å². The Morgan fingerprint density at radius 1 is 0.923 bits per heavy atom. The maximum atomic E-state index is 12.2. The van der Waals surface area contributed by atoms with Crippen molar-refractivity contribution in [3.05, 3.63) is 56.1 Å². The fourth-order valence-corrected chi connectivity index (χ4v) is 4.34. The monoisotopic (exact) mass is 530 g/mol. The van der Waals surface area contributed by atoms with Gasteiger partial charge in [-0.1, -0.05) is 0 Å². The normalized spacial score (nSPS) is 14.5. The van der Waals surface area contributed by atoms with Crippen LogP contribution in [0.5, 0.6) is 0 Å². The first-order valence-electron chi connectivity index (χ1n) is 12.5. The maximum Gasteiger partial charge on any atom is 0.333 e. The third-order valence-corrected chi connectivity index (χ3v) is 7.49. The number of carbonyl (C=O) groups is 4. The topological polar surface area (TPSA) is 149 Å². The summed E-state index contributed by atoms with van der Waals surface area (Å²) in [5.41, 5.74) is 9.71. The molecule has 2 unspecified atom stereocenters. The van der Waals surface area contributed by atoms with Gasteiger partial charge in [0.25, 0.3) is 5.91 Å². The van der Waals surface area contributed by atoms with Crippen molar-refractivity contribution in [2.75, 3.05) is 17.2 Å². The SMILES string of the molecule is CCOC(=O)C(C#N)C(=O)Nc1cc(C)c(C)c(C)c1C.Cc1c(C)c(C)c2c(c1C)NC(=O)C(C#N)C2=O. The first-order valence-corrected chi connectivity index (χ1v) is 12.5. The predicted molar refractivity (Wildman–Crippen MR) is 147 cm³/mol. The highest BCUT2D eigenvalue weighted by molar-refractivity contribution is 6.23. The van der Waals surface area contributed by atoms with Gasteiger partial charge in [0.2, 0.25) is 11.8 Å². The fraction of sp³-hybridized carbons (Fsp3) is 0.400. The fourth-order valence-electron chi connectivity index (χ4n) is 4.34. The predicted octanol–water partition coefficient (Wildman–Crippen LogP) is 4.76. The lowest BCUT2D eigenvalue weighted by Gasteiger charge is -2.25. The van der Waals surface area contributed by atoms with Crippen LogP contribution in [0.3, 0.4) is 0 Å². The molecule has 9 nitrogen and oxygen atoms in total. The van der Waals surface area contributed by atoms with Gasteiger partial charge in [0.1, 0.15) is 0 Å². The number of aryl methyl sites for hydroxylation is 1. The van der Waals surface area contributed by atoms with Crippen LogP contribution in [0, 0.1) is 89.9 Å². The van der Waals surface area contributed by atoms with Gasteiger partial charge in [0, 0.05) is 11.3 Å². The lowest BCUT2D eigenvalue weighted by Crippen LogP contribution is -2.35. The number of amides is 2. The van der Waals surface area contributed by atoms with Crippen LogP contribution in [0.2, 0.25) is 0 Å². The molecule has 1 heterocycles. The van der Waals surface area contributed by atoms with E-state index < -0.39 is 29.6 Å². The van der Waals surface area contributed by atoms with Crippen LogP contribution in [0.4, 0.5) is 11.4 Å². The molecule has 0 saturated heterocycles. The molecule has 39 heavy (non-hydrogen) atoms. The number of carbonyl (C=O) groups excluding carboxylic acids is 4. The number of ketones is 1. The molecular formula is C30H34N4O5. The van der Waals surface area contributed by atoms with Crippen molar-refractivity contribution < 1.29 is 23.9 Å². The average molecular weight is 531 g/mol. The first-order chi connectivity index (χ1) is 18.2. The number of nitrogens with one attached hydrogen (secondary N) is 2. The molecule has 0 fully saturated rings. The summed E-state index contributed by atoms with van der Waals surface area (Å²) in [6.07, 6.45) is 0. The second kappa shape index (κ2) is 12.4. The number of Topliss-reactive ketones (excluding diaryl/α,β-unsaturated/α-hetero) is 1. The van der Waals surface area contributed by atoms with E-state index in [0.717, 1.165) is 44.5 Å². The lowest BCUT2D eigenvalue weighted by atomic mass is 9.84. The second-order valence-electron chi connectivity index (χ2n) is 9.59. The molecule has 2 amide bonds. The summed E-state index contributed by atoms with van der Waals surface area (Å²) in [5, 5.41) is 23.2. The molecule has 9 heteroatoms. The highest BCUT2D eigenvalue weighted by Gasteiger charge is 2.37. The number of ether oxygens (including phenoxy) is 1. The molecule has 1 aliphatic heterocycles. The molecule has 0 saturated carbocycles. The van der Waals surface area contributed by atoms with Crippen molar-refractivity contribution in [1.82, 2.24) is 0 Å². The molecule has 0 aromatic heterocycles. The molecule has 0 aliphatic carbocycles. The zero-order chi connectivity index (χ0) is 29.8. The zero-order valence-corrected chi connectivity index (χ0v) is 23.9. The summed E-state index contributed by atoms with van der Waals surface area (Å²) in [6, 6.07) is 5.29. The molecule has 0 radical (unpaired) electrons. The number of hydrogen-bond donors (Lipinski definition) is 2. The summed E-state index contributed by atoms with van der Waals surface area (Å²) >= 11 is 0. The van der Waals surface area contributed by atoms with Crippen molar-refractivity contribution in [3.63, 3.8) is 0 Å². The smallest absolute Gasteiger partial charge is 0.333 e. The molecular weight excluding hydrogens is 496 g/mol. The Kier molecular flexibility index (Phi) is 9.74. The molecule has 2 aromatic rings. The lowest BCUT2D eigenvalue weighted by molar-refractivity contribution is -0.148. The highest BCUT2D eigenvalue weighted by atomic mass is 16.5. The van der Waals surface area contributed by atoms with E-state index in [1.165, 1.54) is 0 Å². The minimum Gasteiger partial charge on any atom is -0.465 e. The van der Waals surface area contributed by atoms with Crippen LogP contribution in [0.25, 0.3) is 0 Å². The van der Waals surface area contributed by atoms with Gasteiger partial charge < -0.3 is 15.4 Å². The Morgan fingerprint density at radius 2 is 1.49 bits per heavy atom. The molecule has 2 N–H and O–H groups in total. The minimum atomic E-state index is -1.45. The van der Waals surface area contributed by atoms with Crippen molar-refractivity contribution in [3.8, 4) is 12.1 Å². The Balaban J connectivity index is 0.000000276. The van der Waals surface area contributed by atoms with Gasteiger partial charge in [0.15, 0.2) is 11.7 Å². The molecule has 204 valence electrons. The van der Waals surface area contributed by atoms with Crippen LogP contribution in [0.1, 0.15) is 61.8 Å². The molecule has 1 aliphatic rings. The third-order valence-electron chi connectivity index (χ3n) is 7.49. The molecule has 3 rings (SSSR count). The van der Waals surface area contributed by atoms with Gasteiger partial charge in [-0.2, -0.15) is 10.5 Å². The zero-order valence-electron chi connectivity index (χ0n) is 23.9. The molecule has 2 atom stereocenters. The van der Waals surface area contributed by atoms with Gasteiger partial charge in [-0.15, -0.1) is 0 Å². The van der Waals surface area contributed by atoms with Gasteiger partial charge in [-0.05, 0) is 113 Å². The van der Waals surface area contributed by atoms with E-state index in [-0.39, 0.29) is 12.4 Å². The quantitative estimate of drug-likeness (QED) is 0.428. The Bertz CT molecular complexity index is 1460. The minimum absolute atomic E-state index is 0.131. The van der Waals surface area contributed by atoms with Crippen LogP contribution in [0.15, 0.2) is 6.07 Å². The highest BCUT2D eigenvalue weighted by Crippen LogP contribution is 2.35. The van der Waals surface area contributed by atoms with Gasteiger partial charge in [-0.3, -0.25) is 19.2 Å². The summed E-state index contributed by atoms with van der Waals surface area (Å²) in [6.45, 7) is 17.2. The summed E-state index contributed by atoms with van der Waals surface area (Å²) in [4.78, 5) is 47.6. The third kappa shape index (κ3) is 5.99. The Morgan fingerprint density at radius 3 is 2.03 bits per heavy atom. The van der Waals surface area contributed by atoms with Crippen LogP contribution in [-0.4, -0.2) is 30.2 Å². The van der Waals surface area contributed by atoms with Crippen LogP contribution >= 0.6 is 0 Å². The van der Waals surface area contributed by atoms with E-state index in [0.29, 0.717) is 16.9 Å². The van der Waals surface area contributed by atoms with Crippen LogP contribution < -0.4 is 10.6 Å². The van der Waals surface area contributed by atoms with Gasteiger partial charge in [-0.25, -0.2) is 0 Å². The van der Waals surface area contributed by atoms with Gasteiger partial charge in [0.05, 0.1) is 24.4 Å². The van der Waals surface area contributed by atoms with Gasteiger partial charge >= 0.3 is 5.97 Å². The first kappa shape index (κ1) is 30.7. The maximum absolute atomic E-state index is 12.2. The molecule has 0 spiro atoms. The van der Waals surface area contributed by atoms with Crippen molar-refractivity contribution in [1.29, 1.82) is 10.5 Å². The standard InChI is InChI=1S/C16H20N2O3.C14H14N2O2/c1-6-21-16(20)13(8-17)15(19)18-14-7-9(2)10(3)11(4)12(14)5;1-6-7(2)9(4)12-11(8(6)3)13(17)10(5-15)14(18)16-12/h7,13H,6H2,1-5H3,(H,18,19);10H,1-4H3,(H,16,18). The van der Waals surface area contributed by atoms with E-state index in [2.05, 4.69) is 10.6 Å². The summed E-state index contributed by atoms with van der Waals surface area (Å²) in [7, 11) is 0. The van der Waals surface area contributed by atoms with Crippen molar-refractivity contribution in [2.45, 2.75) is 62.3 Å². The second-order valence-corrected chi connectivity index (χ2v) is 9.59. The summed E-state index contributed by atoms with van der Waals surface area (Å²) in [5.74, 6) is -5.08. The molecule has 2 aromatic carbocycles. The number of nitriles is 2. The number of nitrogens with zero attached hydrogens (tertiary/aromatic N) is 2.